The zero-order chi connectivity index (χ0) is 15.1. The molecule has 112 valence electrons. The summed E-state index contributed by atoms with van der Waals surface area (Å²) in [7, 11) is 0. The Hall–Kier alpha value is -1.84. The third-order valence-corrected chi connectivity index (χ3v) is 4.66. The van der Waals surface area contributed by atoms with Crippen LogP contribution in [0.15, 0.2) is 24.3 Å². The van der Waals surface area contributed by atoms with Crippen LogP contribution in [0.5, 0.6) is 0 Å². The Morgan fingerprint density at radius 2 is 1.95 bits per heavy atom. The van der Waals surface area contributed by atoms with Crippen molar-refractivity contribution in [3.05, 3.63) is 35.4 Å². The second-order valence-corrected chi connectivity index (χ2v) is 6.30. The summed E-state index contributed by atoms with van der Waals surface area (Å²) in [4.78, 5) is 25.5. The molecule has 0 saturated heterocycles. The maximum atomic E-state index is 12.7. The van der Waals surface area contributed by atoms with E-state index in [1.54, 1.807) is 11.8 Å². The van der Waals surface area contributed by atoms with Crippen LogP contribution in [0.3, 0.4) is 0 Å². The summed E-state index contributed by atoms with van der Waals surface area (Å²) in [5.74, 6) is -0.654. The van der Waals surface area contributed by atoms with Crippen LogP contribution in [0.25, 0.3) is 0 Å². The predicted octanol–water partition coefficient (Wildman–Crippen LogP) is 2.56. The number of benzene rings is 1. The van der Waals surface area contributed by atoms with E-state index >= 15 is 0 Å². The van der Waals surface area contributed by atoms with Gasteiger partial charge in [-0.3, -0.25) is 4.79 Å². The van der Waals surface area contributed by atoms with Gasteiger partial charge in [-0.05, 0) is 50.2 Å². The van der Waals surface area contributed by atoms with Gasteiger partial charge in [0.25, 0.3) is 0 Å². The first kappa shape index (κ1) is 14.1. The average molecular weight is 287 g/mol. The molecule has 1 aromatic rings. The SMILES string of the molecule is Cc1ccccc1C1CC1C(=O)N(C1CC1)C(C)C(=O)O. The molecule has 0 radical (unpaired) electrons. The Morgan fingerprint density at radius 3 is 2.52 bits per heavy atom. The van der Waals surface area contributed by atoms with Crippen molar-refractivity contribution in [1.29, 1.82) is 0 Å². The summed E-state index contributed by atoms with van der Waals surface area (Å²) in [6.45, 7) is 3.68. The van der Waals surface area contributed by atoms with E-state index in [1.165, 1.54) is 11.1 Å². The number of amides is 1. The van der Waals surface area contributed by atoms with Gasteiger partial charge in [0.15, 0.2) is 0 Å². The number of hydrogen-bond acceptors (Lipinski definition) is 2. The van der Waals surface area contributed by atoms with Crippen molar-refractivity contribution in [1.82, 2.24) is 4.90 Å². The van der Waals surface area contributed by atoms with Gasteiger partial charge in [-0.25, -0.2) is 4.79 Å². The number of carboxylic acids is 1. The smallest absolute Gasteiger partial charge is 0.326 e. The average Bonchev–Trinajstić information content (AvgIpc) is 3.33. The number of carboxylic acid groups (broad SMARTS) is 1. The second kappa shape index (κ2) is 5.17. The molecule has 21 heavy (non-hydrogen) atoms. The minimum absolute atomic E-state index is 0.0284. The molecule has 1 aromatic carbocycles. The molecule has 2 aliphatic rings. The minimum atomic E-state index is -0.914. The van der Waals surface area contributed by atoms with Crippen LogP contribution in [-0.2, 0) is 9.59 Å². The first-order valence-corrected chi connectivity index (χ1v) is 7.61. The van der Waals surface area contributed by atoms with Gasteiger partial charge in [0.2, 0.25) is 5.91 Å². The third kappa shape index (κ3) is 2.67. The lowest BCUT2D eigenvalue weighted by atomic mass is 10.0. The molecule has 3 atom stereocenters. The van der Waals surface area contributed by atoms with Crippen LogP contribution in [-0.4, -0.2) is 34.0 Å². The van der Waals surface area contributed by atoms with Gasteiger partial charge in [-0.15, -0.1) is 0 Å². The van der Waals surface area contributed by atoms with E-state index in [0.717, 1.165) is 19.3 Å². The highest BCUT2D eigenvalue weighted by Crippen LogP contribution is 2.50. The predicted molar refractivity (Wildman–Crippen MR) is 79.0 cm³/mol. The van der Waals surface area contributed by atoms with Crippen LogP contribution < -0.4 is 0 Å². The largest absolute Gasteiger partial charge is 0.480 e. The fourth-order valence-corrected chi connectivity index (χ4v) is 3.16. The van der Waals surface area contributed by atoms with E-state index in [1.807, 2.05) is 12.1 Å². The number of carbonyl (C=O) groups is 2. The van der Waals surface area contributed by atoms with Crippen molar-refractivity contribution in [2.75, 3.05) is 0 Å². The minimum Gasteiger partial charge on any atom is -0.480 e. The lowest BCUT2D eigenvalue weighted by Crippen LogP contribution is -2.45. The third-order valence-electron chi connectivity index (χ3n) is 4.66. The van der Waals surface area contributed by atoms with Crippen LogP contribution in [0, 0.1) is 12.8 Å². The molecule has 2 aliphatic carbocycles. The number of aliphatic carboxylic acids is 1. The number of hydrogen-bond donors (Lipinski definition) is 1. The van der Waals surface area contributed by atoms with E-state index in [2.05, 4.69) is 19.1 Å². The number of aryl methyl sites for hydroxylation is 1. The Bertz CT molecular complexity index is 579. The van der Waals surface area contributed by atoms with Crippen molar-refractivity contribution in [3.63, 3.8) is 0 Å². The number of carbonyl (C=O) groups excluding carboxylic acids is 1. The van der Waals surface area contributed by atoms with Crippen LogP contribution in [0.1, 0.15) is 43.2 Å². The molecule has 3 unspecified atom stereocenters. The maximum Gasteiger partial charge on any atom is 0.326 e. The van der Waals surface area contributed by atoms with E-state index < -0.39 is 12.0 Å². The molecule has 1 N–H and O–H groups in total. The Kier molecular flexibility index (Phi) is 3.47. The summed E-state index contributed by atoms with van der Waals surface area (Å²) in [6, 6.07) is 7.56. The van der Waals surface area contributed by atoms with Gasteiger partial charge < -0.3 is 10.0 Å². The second-order valence-electron chi connectivity index (χ2n) is 6.30. The fraction of sp³-hybridized carbons (Fsp3) is 0.529. The van der Waals surface area contributed by atoms with E-state index in [4.69, 9.17) is 0 Å². The van der Waals surface area contributed by atoms with Crippen LogP contribution in [0.2, 0.25) is 0 Å². The summed E-state index contributed by atoms with van der Waals surface area (Å²) in [6.07, 6.45) is 2.72. The molecule has 2 saturated carbocycles. The molecule has 0 bridgehead atoms. The molecule has 0 aromatic heterocycles. The lowest BCUT2D eigenvalue weighted by Gasteiger charge is -2.26. The molecule has 4 heteroatoms. The molecule has 2 fully saturated rings. The fourth-order valence-electron chi connectivity index (χ4n) is 3.16. The van der Waals surface area contributed by atoms with Crippen molar-refractivity contribution < 1.29 is 14.7 Å². The van der Waals surface area contributed by atoms with Gasteiger partial charge in [0, 0.05) is 12.0 Å². The summed E-state index contributed by atoms with van der Waals surface area (Å²) < 4.78 is 0. The Morgan fingerprint density at radius 1 is 1.29 bits per heavy atom. The van der Waals surface area contributed by atoms with E-state index in [0.29, 0.717) is 0 Å². The summed E-state index contributed by atoms with van der Waals surface area (Å²) in [5.41, 5.74) is 2.44. The zero-order valence-corrected chi connectivity index (χ0v) is 12.5. The van der Waals surface area contributed by atoms with E-state index in [9.17, 15) is 14.7 Å². The molecule has 0 spiro atoms. The highest BCUT2D eigenvalue weighted by atomic mass is 16.4. The highest BCUT2D eigenvalue weighted by Gasteiger charge is 2.50. The van der Waals surface area contributed by atoms with Crippen molar-refractivity contribution in [2.45, 2.75) is 51.1 Å². The monoisotopic (exact) mass is 287 g/mol. The van der Waals surface area contributed by atoms with Gasteiger partial charge >= 0.3 is 5.97 Å². The van der Waals surface area contributed by atoms with Crippen LogP contribution in [0.4, 0.5) is 0 Å². The maximum absolute atomic E-state index is 12.7. The molecular formula is C17H21NO3. The zero-order valence-electron chi connectivity index (χ0n) is 12.5. The van der Waals surface area contributed by atoms with Crippen LogP contribution >= 0.6 is 0 Å². The molecule has 3 rings (SSSR count). The normalized spacial score (nSPS) is 25.2. The van der Waals surface area contributed by atoms with Gasteiger partial charge in [-0.1, -0.05) is 24.3 Å². The molecule has 1 amide bonds. The first-order valence-electron chi connectivity index (χ1n) is 7.61. The Balaban J connectivity index is 1.74. The summed E-state index contributed by atoms with van der Waals surface area (Å²) >= 11 is 0. The lowest BCUT2D eigenvalue weighted by molar-refractivity contribution is -0.150. The van der Waals surface area contributed by atoms with Gasteiger partial charge in [-0.2, -0.15) is 0 Å². The molecule has 0 aliphatic heterocycles. The molecule has 0 heterocycles. The highest BCUT2D eigenvalue weighted by molar-refractivity contribution is 5.88. The number of nitrogens with zero attached hydrogens (tertiary/aromatic N) is 1. The number of rotatable bonds is 5. The topological polar surface area (TPSA) is 57.6 Å². The molecule has 4 nitrogen and oxygen atoms in total. The standard InChI is InChI=1S/C17H21NO3/c1-10-5-3-4-6-13(10)14-9-15(14)16(19)18(12-7-8-12)11(2)17(20)21/h3-6,11-12,14-15H,7-9H2,1-2H3,(H,20,21). The quantitative estimate of drug-likeness (QED) is 0.905. The van der Waals surface area contributed by atoms with Gasteiger partial charge in [0.1, 0.15) is 6.04 Å². The molecular weight excluding hydrogens is 266 g/mol. The summed E-state index contributed by atoms with van der Waals surface area (Å²) in [5, 5.41) is 9.21. The van der Waals surface area contributed by atoms with Crippen molar-refractivity contribution in [3.8, 4) is 0 Å². The first-order chi connectivity index (χ1) is 10.0. The Labute approximate surface area is 124 Å². The van der Waals surface area contributed by atoms with E-state index in [-0.39, 0.29) is 23.8 Å². The van der Waals surface area contributed by atoms with Crippen molar-refractivity contribution >= 4 is 11.9 Å². The van der Waals surface area contributed by atoms with Crippen molar-refractivity contribution in [2.24, 2.45) is 5.92 Å². The van der Waals surface area contributed by atoms with Gasteiger partial charge in [0.05, 0.1) is 0 Å².